The molecule has 0 saturated carbocycles. The Morgan fingerprint density at radius 1 is 1.09 bits per heavy atom. The first-order valence-electron chi connectivity index (χ1n) is 10.2. The van der Waals surface area contributed by atoms with E-state index >= 15 is 0 Å². The highest BCUT2D eigenvalue weighted by Gasteiger charge is 2.20. The zero-order chi connectivity index (χ0) is 22.7. The Morgan fingerprint density at radius 2 is 1.94 bits per heavy atom. The molecular formula is C21H24N8O3. The molecule has 4 rings (SSSR count). The standard InChI is InChI=1S/C21H24N8O3/c1-4-27-12-18(19(26-27)21(31)22-11-16-6-5-9-32-16)23-20(30)17-7-8-28(25-17)13-29-15(3)10-14(2)24-29/h5-10,12H,4,11,13H2,1-3H3,(H,22,31)(H,23,30). The van der Waals surface area contributed by atoms with Crippen molar-refractivity contribution < 1.29 is 14.0 Å². The van der Waals surface area contributed by atoms with E-state index in [1.54, 1.807) is 44.6 Å². The van der Waals surface area contributed by atoms with E-state index in [2.05, 4.69) is 25.9 Å². The third-order valence-corrected chi connectivity index (χ3v) is 4.81. The Morgan fingerprint density at radius 3 is 2.62 bits per heavy atom. The van der Waals surface area contributed by atoms with Gasteiger partial charge in [0.2, 0.25) is 0 Å². The minimum atomic E-state index is -0.437. The first-order chi connectivity index (χ1) is 15.4. The molecule has 0 aliphatic rings. The van der Waals surface area contributed by atoms with Crippen molar-refractivity contribution in [1.29, 1.82) is 0 Å². The Hall–Kier alpha value is -4.15. The summed E-state index contributed by atoms with van der Waals surface area (Å²) in [5.41, 5.74) is 2.56. The molecule has 11 nitrogen and oxygen atoms in total. The molecular weight excluding hydrogens is 412 g/mol. The molecule has 2 amide bonds. The highest BCUT2D eigenvalue weighted by atomic mass is 16.3. The molecule has 32 heavy (non-hydrogen) atoms. The van der Waals surface area contributed by atoms with Gasteiger partial charge in [0, 0.05) is 24.6 Å². The molecule has 4 aromatic heterocycles. The first kappa shape index (κ1) is 21.1. The van der Waals surface area contributed by atoms with Crippen LogP contribution in [0.4, 0.5) is 5.69 Å². The van der Waals surface area contributed by atoms with E-state index in [1.807, 2.05) is 26.8 Å². The molecule has 0 aromatic carbocycles. The van der Waals surface area contributed by atoms with E-state index in [-0.39, 0.29) is 17.9 Å². The Balaban J connectivity index is 1.46. The normalized spacial score (nSPS) is 11.0. The molecule has 11 heteroatoms. The smallest absolute Gasteiger partial charge is 0.276 e. The van der Waals surface area contributed by atoms with Crippen LogP contribution in [0.15, 0.2) is 47.3 Å². The van der Waals surface area contributed by atoms with Gasteiger partial charge >= 0.3 is 0 Å². The number of rotatable bonds is 8. The predicted molar refractivity (Wildman–Crippen MR) is 115 cm³/mol. The van der Waals surface area contributed by atoms with Gasteiger partial charge in [0.15, 0.2) is 11.4 Å². The summed E-state index contributed by atoms with van der Waals surface area (Å²) in [5, 5.41) is 18.5. The maximum absolute atomic E-state index is 12.8. The van der Waals surface area contributed by atoms with Gasteiger partial charge in [0.1, 0.15) is 12.4 Å². The second kappa shape index (κ2) is 8.92. The van der Waals surface area contributed by atoms with Crippen LogP contribution < -0.4 is 10.6 Å². The van der Waals surface area contributed by atoms with E-state index in [9.17, 15) is 9.59 Å². The Bertz CT molecular complexity index is 1230. The monoisotopic (exact) mass is 436 g/mol. The predicted octanol–water partition coefficient (Wildman–Crippen LogP) is 2.19. The fourth-order valence-electron chi connectivity index (χ4n) is 3.21. The number of carbonyl (C=O) groups excluding carboxylic acids is 2. The van der Waals surface area contributed by atoms with Crippen LogP contribution in [0.1, 0.15) is 45.0 Å². The SMILES string of the molecule is CCn1cc(NC(=O)c2ccn(Cn3nc(C)cc3C)n2)c(C(=O)NCc2ccco2)n1. The lowest BCUT2D eigenvalue weighted by atomic mass is 10.3. The van der Waals surface area contributed by atoms with Crippen molar-refractivity contribution >= 4 is 17.5 Å². The van der Waals surface area contributed by atoms with Gasteiger partial charge in [-0.25, -0.2) is 4.68 Å². The molecule has 0 fully saturated rings. The van der Waals surface area contributed by atoms with Crippen LogP contribution in [0.5, 0.6) is 0 Å². The zero-order valence-corrected chi connectivity index (χ0v) is 18.1. The van der Waals surface area contributed by atoms with E-state index < -0.39 is 11.8 Å². The number of amides is 2. The number of furan rings is 1. The van der Waals surface area contributed by atoms with E-state index in [1.165, 1.54) is 6.26 Å². The molecule has 166 valence electrons. The van der Waals surface area contributed by atoms with Crippen LogP contribution in [0.2, 0.25) is 0 Å². The average molecular weight is 436 g/mol. The molecule has 0 spiro atoms. The summed E-state index contributed by atoms with van der Waals surface area (Å²) in [7, 11) is 0. The maximum Gasteiger partial charge on any atom is 0.276 e. The fourth-order valence-corrected chi connectivity index (χ4v) is 3.21. The largest absolute Gasteiger partial charge is 0.467 e. The first-order valence-corrected chi connectivity index (χ1v) is 10.2. The van der Waals surface area contributed by atoms with Crippen molar-refractivity contribution in [3.63, 3.8) is 0 Å². The third kappa shape index (κ3) is 4.61. The van der Waals surface area contributed by atoms with Crippen LogP contribution in [-0.2, 0) is 19.8 Å². The zero-order valence-electron chi connectivity index (χ0n) is 18.1. The summed E-state index contributed by atoms with van der Waals surface area (Å²) in [6.45, 7) is 6.93. The molecule has 4 aromatic rings. The summed E-state index contributed by atoms with van der Waals surface area (Å²) < 4.78 is 10.2. The maximum atomic E-state index is 12.8. The van der Waals surface area contributed by atoms with Crippen LogP contribution in [0, 0.1) is 13.8 Å². The molecule has 0 unspecified atom stereocenters. The molecule has 4 heterocycles. The molecule has 0 atom stereocenters. The second-order valence-corrected chi connectivity index (χ2v) is 7.27. The number of anilines is 1. The van der Waals surface area contributed by atoms with Crippen LogP contribution in [0.25, 0.3) is 0 Å². The fraction of sp³-hybridized carbons (Fsp3) is 0.286. The third-order valence-electron chi connectivity index (χ3n) is 4.81. The van der Waals surface area contributed by atoms with Crippen molar-refractivity contribution in [2.24, 2.45) is 0 Å². The summed E-state index contributed by atoms with van der Waals surface area (Å²) in [6, 6.07) is 7.09. The van der Waals surface area contributed by atoms with Crippen molar-refractivity contribution in [3.05, 3.63) is 71.5 Å². The summed E-state index contributed by atoms with van der Waals surface area (Å²) in [5.74, 6) is -0.237. The van der Waals surface area contributed by atoms with E-state index in [0.29, 0.717) is 24.7 Å². The van der Waals surface area contributed by atoms with Gasteiger partial charge < -0.3 is 15.1 Å². The van der Waals surface area contributed by atoms with Crippen molar-refractivity contribution in [2.45, 2.75) is 40.5 Å². The van der Waals surface area contributed by atoms with Crippen LogP contribution in [0.3, 0.4) is 0 Å². The van der Waals surface area contributed by atoms with Gasteiger partial charge in [-0.2, -0.15) is 15.3 Å². The minimum absolute atomic E-state index is 0.119. The van der Waals surface area contributed by atoms with Gasteiger partial charge in [-0.05, 0) is 45.0 Å². The molecule has 0 saturated heterocycles. The van der Waals surface area contributed by atoms with Gasteiger partial charge in [0.05, 0.1) is 24.2 Å². The van der Waals surface area contributed by atoms with Gasteiger partial charge in [-0.1, -0.05) is 0 Å². The van der Waals surface area contributed by atoms with E-state index in [4.69, 9.17) is 4.42 Å². The minimum Gasteiger partial charge on any atom is -0.467 e. The number of aromatic nitrogens is 6. The second-order valence-electron chi connectivity index (χ2n) is 7.27. The lowest BCUT2D eigenvalue weighted by molar-refractivity contribution is 0.0943. The Kier molecular flexibility index (Phi) is 5.88. The summed E-state index contributed by atoms with van der Waals surface area (Å²) in [6.07, 6.45) is 4.86. The number of hydrogen-bond donors (Lipinski definition) is 2. The molecule has 0 radical (unpaired) electrons. The number of nitrogens with zero attached hydrogens (tertiary/aromatic N) is 6. The summed E-state index contributed by atoms with van der Waals surface area (Å²) in [4.78, 5) is 25.4. The lowest BCUT2D eigenvalue weighted by Crippen LogP contribution is -2.25. The number of hydrogen-bond acceptors (Lipinski definition) is 6. The number of carbonyl (C=O) groups is 2. The van der Waals surface area contributed by atoms with E-state index in [0.717, 1.165) is 11.4 Å². The van der Waals surface area contributed by atoms with Gasteiger partial charge in [0.25, 0.3) is 11.8 Å². The van der Waals surface area contributed by atoms with Crippen molar-refractivity contribution in [3.8, 4) is 0 Å². The molecule has 0 bridgehead atoms. The van der Waals surface area contributed by atoms with Crippen LogP contribution in [-0.4, -0.2) is 41.2 Å². The van der Waals surface area contributed by atoms with Gasteiger partial charge in [-0.15, -0.1) is 0 Å². The average Bonchev–Trinajstić information content (AvgIpc) is 3.55. The van der Waals surface area contributed by atoms with Gasteiger partial charge in [-0.3, -0.25) is 19.0 Å². The van der Waals surface area contributed by atoms with Crippen molar-refractivity contribution in [1.82, 2.24) is 34.7 Å². The topological polar surface area (TPSA) is 125 Å². The highest BCUT2D eigenvalue weighted by Crippen LogP contribution is 2.16. The molecule has 2 N–H and O–H groups in total. The molecule has 0 aliphatic carbocycles. The quantitative estimate of drug-likeness (QED) is 0.436. The lowest BCUT2D eigenvalue weighted by Gasteiger charge is -2.05. The number of nitrogens with one attached hydrogen (secondary N) is 2. The number of aryl methyl sites for hydroxylation is 3. The molecule has 0 aliphatic heterocycles. The highest BCUT2D eigenvalue weighted by molar-refractivity contribution is 6.07. The summed E-state index contributed by atoms with van der Waals surface area (Å²) >= 11 is 0. The Labute approximate surface area is 184 Å². The van der Waals surface area contributed by atoms with Crippen LogP contribution >= 0.6 is 0 Å². The van der Waals surface area contributed by atoms with Crippen molar-refractivity contribution in [2.75, 3.05) is 5.32 Å².